The van der Waals surface area contributed by atoms with Gasteiger partial charge in [-0.1, -0.05) is 46.3 Å². The second-order valence-corrected chi connectivity index (χ2v) is 5.90. The Morgan fingerprint density at radius 2 is 1.77 bits per heavy atom. The average molecular weight is 385 g/mol. The molecule has 0 unspecified atom stereocenters. The first-order chi connectivity index (χ1) is 10.3. The quantitative estimate of drug-likeness (QED) is 0.785. The minimum Gasteiger partial charge on any atom is -0.487 e. The summed E-state index contributed by atoms with van der Waals surface area (Å²) in [5, 5.41) is 0. The molecule has 0 radical (unpaired) electrons. The summed E-state index contributed by atoms with van der Waals surface area (Å²) in [5.74, 6) is 0.920. The van der Waals surface area contributed by atoms with E-state index in [2.05, 4.69) is 39.0 Å². The Labute approximate surface area is 145 Å². The molecule has 5 heteroatoms. The van der Waals surface area contributed by atoms with Crippen LogP contribution in [-0.2, 0) is 11.3 Å². The van der Waals surface area contributed by atoms with Gasteiger partial charge in [-0.25, -0.2) is 0 Å². The standard InChI is InChI=1S/C17H18BrNO2.ClH/c18-15-6-7-17(21-13-14-4-2-1-3-5-14)16(12-15)19-8-10-20-11-9-19;/h1-7,12H,8-11,13H2;1H. The zero-order valence-corrected chi connectivity index (χ0v) is 14.6. The van der Waals surface area contributed by atoms with Crippen LogP contribution in [0.4, 0.5) is 5.69 Å². The number of nitrogens with zero attached hydrogens (tertiary/aromatic N) is 1. The first-order valence-corrected chi connectivity index (χ1v) is 7.91. The molecule has 2 aromatic carbocycles. The molecule has 118 valence electrons. The highest BCUT2D eigenvalue weighted by Crippen LogP contribution is 2.32. The summed E-state index contributed by atoms with van der Waals surface area (Å²) in [6.45, 7) is 3.92. The van der Waals surface area contributed by atoms with Crippen molar-refractivity contribution < 1.29 is 9.47 Å². The Kier molecular flexibility index (Phi) is 6.55. The van der Waals surface area contributed by atoms with Crippen molar-refractivity contribution in [1.82, 2.24) is 0 Å². The van der Waals surface area contributed by atoms with Crippen LogP contribution in [0.25, 0.3) is 0 Å². The van der Waals surface area contributed by atoms with Crippen LogP contribution >= 0.6 is 28.3 Å². The number of halogens is 2. The second-order valence-electron chi connectivity index (χ2n) is 4.99. The number of rotatable bonds is 4. The Hall–Kier alpha value is -1.23. The van der Waals surface area contributed by atoms with E-state index in [1.54, 1.807) is 0 Å². The molecule has 0 spiro atoms. The van der Waals surface area contributed by atoms with Gasteiger partial charge < -0.3 is 14.4 Å². The first kappa shape index (κ1) is 17.1. The molecule has 1 heterocycles. The lowest BCUT2D eigenvalue weighted by molar-refractivity contribution is 0.122. The maximum Gasteiger partial charge on any atom is 0.143 e. The summed E-state index contributed by atoms with van der Waals surface area (Å²) >= 11 is 3.55. The van der Waals surface area contributed by atoms with Gasteiger partial charge in [0.15, 0.2) is 0 Å². The van der Waals surface area contributed by atoms with Crippen molar-refractivity contribution in [3.05, 3.63) is 58.6 Å². The molecule has 0 N–H and O–H groups in total. The molecule has 0 aliphatic carbocycles. The fraction of sp³-hybridized carbons (Fsp3) is 0.294. The van der Waals surface area contributed by atoms with Gasteiger partial charge in [0.25, 0.3) is 0 Å². The molecule has 3 rings (SSSR count). The van der Waals surface area contributed by atoms with Gasteiger partial charge >= 0.3 is 0 Å². The SMILES string of the molecule is Brc1ccc(OCc2ccccc2)c(N2CCOCC2)c1.Cl. The molecule has 1 aliphatic rings. The van der Waals surface area contributed by atoms with Crippen molar-refractivity contribution in [2.45, 2.75) is 6.61 Å². The predicted octanol–water partition coefficient (Wildman–Crippen LogP) is 4.29. The van der Waals surface area contributed by atoms with Gasteiger partial charge in [-0.05, 0) is 23.8 Å². The third-order valence-corrected chi connectivity index (χ3v) is 4.00. The van der Waals surface area contributed by atoms with Crippen LogP contribution < -0.4 is 9.64 Å². The van der Waals surface area contributed by atoms with Crippen molar-refractivity contribution in [1.29, 1.82) is 0 Å². The third-order valence-electron chi connectivity index (χ3n) is 3.51. The Morgan fingerprint density at radius 1 is 1.05 bits per heavy atom. The molecule has 1 saturated heterocycles. The zero-order valence-electron chi connectivity index (χ0n) is 12.2. The number of ether oxygens (including phenoxy) is 2. The number of benzene rings is 2. The molecular weight excluding hydrogens is 366 g/mol. The van der Waals surface area contributed by atoms with Crippen LogP contribution in [0.1, 0.15) is 5.56 Å². The second kappa shape index (κ2) is 8.42. The molecule has 3 nitrogen and oxygen atoms in total. The summed E-state index contributed by atoms with van der Waals surface area (Å²) < 4.78 is 12.5. The highest BCUT2D eigenvalue weighted by Gasteiger charge is 2.16. The molecule has 22 heavy (non-hydrogen) atoms. The van der Waals surface area contributed by atoms with Crippen LogP contribution in [0.2, 0.25) is 0 Å². The highest BCUT2D eigenvalue weighted by molar-refractivity contribution is 9.10. The van der Waals surface area contributed by atoms with E-state index in [0.717, 1.165) is 42.2 Å². The molecule has 0 amide bonds. The van der Waals surface area contributed by atoms with Crippen LogP contribution in [0, 0.1) is 0 Å². The lowest BCUT2D eigenvalue weighted by Crippen LogP contribution is -2.36. The molecule has 0 saturated carbocycles. The van der Waals surface area contributed by atoms with Crippen molar-refractivity contribution in [3.63, 3.8) is 0 Å². The summed E-state index contributed by atoms with van der Waals surface area (Å²) in [5.41, 5.74) is 2.30. The van der Waals surface area contributed by atoms with E-state index < -0.39 is 0 Å². The van der Waals surface area contributed by atoms with Gasteiger partial charge in [-0.2, -0.15) is 0 Å². The van der Waals surface area contributed by atoms with Gasteiger partial charge in [-0.3, -0.25) is 0 Å². The van der Waals surface area contributed by atoms with Gasteiger partial charge in [-0.15, -0.1) is 12.4 Å². The number of morpholine rings is 1. The lowest BCUT2D eigenvalue weighted by atomic mass is 10.2. The summed E-state index contributed by atoms with van der Waals surface area (Å²) in [6.07, 6.45) is 0. The van der Waals surface area contributed by atoms with E-state index in [-0.39, 0.29) is 12.4 Å². The van der Waals surface area contributed by atoms with Crippen molar-refractivity contribution >= 4 is 34.0 Å². The normalized spacial score (nSPS) is 14.3. The number of hydrogen-bond donors (Lipinski definition) is 0. The maximum atomic E-state index is 6.03. The molecular formula is C17H19BrClNO2. The zero-order chi connectivity index (χ0) is 14.5. The largest absolute Gasteiger partial charge is 0.487 e. The fourth-order valence-electron chi connectivity index (χ4n) is 2.40. The molecule has 1 aliphatic heterocycles. The predicted molar refractivity (Wildman–Crippen MR) is 95.2 cm³/mol. The van der Waals surface area contributed by atoms with Gasteiger partial charge in [0.1, 0.15) is 12.4 Å². The molecule has 2 aromatic rings. The van der Waals surface area contributed by atoms with Crippen molar-refractivity contribution in [2.24, 2.45) is 0 Å². The topological polar surface area (TPSA) is 21.7 Å². The van der Waals surface area contributed by atoms with E-state index in [4.69, 9.17) is 9.47 Å². The van der Waals surface area contributed by atoms with Gasteiger partial charge in [0.05, 0.1) is 18.9 Å². The fourth-order valence-corrected chi connectivity index (χ4v) is 2.75. The van der Waals surface area contributed by atoms with Crippen LogP contribution in [-0.4, -0.2) is 26.3 Å². The van der Waals surface area contributed by atoms with Crippen LogP contribution in [0.3, 0.4) is 0 Å². The smallest absolute Gasteiger partial charge is 0.143 e. The molecule has 0 aromatic heterocycles. The highest BCUT2D eigenvalue weighted by atomic mass is 79.9. The molecule has 0 atom stereocenters. The first-order valence-electron chi connectivity index (χ1n) is 7.12. The van der Waals surface area contributed by atoms with Crippen molar-refractivity contribution in [3.8, 4) is 5.75 Å². The van der Waals surface area contributed by atoms with Gasteiger partial charge in [0, 0.05) is 17.6 Å². The van der Waals surface area contributed by atoms with Crippen molar-refractivity contribution in [2.75, 3.05) is 31.2 Å². The van der Waals surface area contributed by atoms with E-state index in [9.17, 15) is 0 Å². The van der Waals surface area contributed by atoms with E-state index in [0.29, 0.717) is 6.61 Å². The summed E-state index contributed by atoms with van der Waals surface area (Å²) in [7, 11) is 0. The third kappa shape index (κ3) is 4.38. The molecule has 0 bridgehead atoms. The Balaban J connectivity index is 0.00000176. The minimum absolute atomic E-state index is 0. The lowest BCUT2D eigenvalue weighted by Gasteiger charge is -2.30. The number of anilines is 1. The van der Waals surface area contributed by atoms with E-state index >= 15 is 0 Å². The number of hydrogen-bond acceptors (Lipinski definition) is 3. The Bertz CT molecular complexity index is 588. The summed E-state index contributed by atoms with van der Waals surface area (Å²) in [4.78, 5) is 2.31. The van der Waals surface area contributed by atoms with E-state index in [1.807, 2.05) is 30.3 Å². The van der Waals surface area contributed by atoms with Gasteiger partial charge in [0.2, 0.25) is 0 Å². The summed E-state index contributed by atoms with van der Waals surface area (Å²) in [6, 6.07) is 16.4. The van der Waals surface area contributed by atoms with E-state index in [1.165, 1.54) is 5.56 Å². The Morgan fingerprint density at radius 3 is 2.50 bits per heavy atom. The molecule has 1 fully saturated rings. The monoisotopic (exact) mass is 383 g/mol. The average Bonchev–Trinajstić information content (AvgIpc) is 2.55. The van der Waals surface area contributed by atoms with Crippen LogP contribution in [0.15, 0.2) is 53.0 Å². The maximum absolute atomic E-state index is 6.03. The van der Waals surface area contributed by atoms with Crippen LogP contribution in [0.5, 0.6) is 5.75 Å². The minimum atomic E-state index is 0.